The molecule has 124 valence electrons. The Bertz CT molecular complexity index is 627. The van der Waals surface area contributed by atoms with Crippen molar-refractivity contribution in [3.63, 3.8) is 0 Å². The lowest BCUT2D eigenvalue weighted by Crippen LogP contribution is -2.42. The van der Waals surface area contributed by atoms with Crippen LogP contribution in [0.3, 0.4) is 0 Å². The van der Waals surface area contributed by atoms with Crippen molar-refractivity contribution in [1.82, 2.24) is 20.0 Å². The second kappa shape index (κ2) is 8.13. The zero-order valence-electron chi connectivity index (χ0n) is 13.3. The predicted molar refractivity (Wildman–Crippen MR) is 93.4 cm³/mol. The van der Waals surface area contributed by atoms with Gasteiger partial charge >= 0.3 is 0 Å². The zero-order valence-corrected chi connectivity index (χ0v) is 14.1. The summed E-state index contributed by atoms with van der Waals surface area (Å²) in [5, 5.41) is 7.64. The third kappa shape index (κ3) is 4.12. The molecule has 0 saturated carbocycles. The van der Waals surface area contributed by atoms with Gasteiger partial charge in [0.1, 0.15) is 0 Å². The number of piperidine rings is 1. The van der Waals surface area contributed by atoms with Crippen molar-refractivity contribution in [2.75, 3.05) is 26.7 Å². The van der Waals surface area contributed by atoms with Gasteiger partial charge in [-0.15, -0.1) is 12.4 Å². The highest BCUT2D eigenvalue weighted by Gasteiger charge is 2.25. The quantitative estimate of drug-likeness (QED) is 0.934. The molecule has 0 spiro atoms. The molecule has 1 fully saturated rings. The van der Waals surface area contributed by atoms with Gasteiger partial charge in [0.25, 0.3) is 5.91 Å². The SMILES string of the molecule is CNCC1CCCN(C(=O)c2ccn(-c3ccccc3)n2)C1.Cl. The summed E-state index contributed by atoms with van der Waals surface area (Å²) >= 11 is 0. The number of nitrogens with zero attached hydrogens (tertiary/aromatic N) is 3. The molecule has 2 aromatic rings. The number of likely N-dealkylation sites (tertiary alicyclic amines) is 1. The van der Waals surface area contributed by atoms with Crippen LogP contribution < -0.4 is 5.32 Å². The minimum Gasteiger partial charge on any atom is -0.337 e. The van der Waals surface area contributed by atoms with E-state index in [4.69, 9.17) is 0 Å². The van der Waals surface area contributed by atoms with E-state index >= 15 is 0 Å². The van der Waals surface area contributed by atoms with Crippen LogP contribution in [0.2, 0.25) is 0 Å². The summed E-state index contributed by atoms with van der Waals surface area (Å²) in [5.74, 6) is 0.578. The Morgan fingerprint density at radius 1 is 1.30 bits per heavy atom. The van der Waals surface area contributed by atoms with Gasteiger partial charge in [-0.25, -0.2) is 4.68 Å². The Morgan fingerprint density at radius 2 is 2.09 bits per heavy atom. The third-order valence-corrected chi connectivity index (χ3v) is 4.13. The lowest BCUT2D eigenvalue weighted by molar-refractivity contribution is 0.0668. The van der Waals surface area contributed by atoms with Crippen molar-refractivity contribution in [3.8, 4) is 5.69 Å². The Balaban J connectivity index is 0.00000192. The fraction of sp³-hybridized carbons (Fsp3) is 0.412. The number of nitrogens with one attached hydrogen (secondary N) is 1. The van der Waals surface area contributed by atoms with E-state index in [1.54, 1.807) is 10.7 Å². The van der Waals surface area contributed by atoms with Crippen LogP contribution in [0.4, 0.5) is 0 Å². The summed E-state index contributed by atoms with van der Waals surface area (Å²) in [4.78, 5) is 14.6. The number of para-hydroxylation sites is 1. The van der Waals surface area contributed by atoms with Crippen LogP contribution in [0.5, 0.6) is 0 Å². The minimum atomic E-state index is 0. The lowest BCUT2D eigenvalue weighted by atomic mass is 9.98. The average molecular weight is 335 g/mol. The van der Waals surface area contributed by atoms with E-state index in [2.05, 4.69) is 10.4 Å². The molecule has 5 nitrogen and oxygen atoms in total. The first kappa shape index (κ1) is 17.5. The van der Waals surface area contributed by atoms with Crippen LogP contribution in [-0.2, 0) is 0 Å². The summed E-state index contributed by atoms with van der Waals surface area (Å²) in [6.45, 7) is 2.61. The number of carbonyl (C=O) groups is 1. The maximum Gasteiger partial charge on any atom is 0.274 e. The first-order valence-electron chi connectivity index (χ1n) is 7.83. The van der Waals surface area contributed by atoms with Gasteiger partial charge in [0.15, 0.2) is 5.69 Å². The van der Waals surface area contributed by atoms with E-state index in [1.165, 1.54) is 6.42 Å². The van der Waals surface area contributed by atoms with Gasteiger partial charge in [0, 0.05) is 19.3 Å². The fourth-order valence-corrected chi connectivity index (χ4v) is 3.03. The van der Waals surface area contributed by atoms with Crippen molar-refractivity contribution >= 4 is 18.3 Å². The highest BCUT2D eigenvalue weighted by molar-refractivity contribution is 5.92. The van der Waals surface area contributed by atoms with E-state index < -0.39 is 0 Å². The largest absolute Gasteiger partial charge is 0.337 e. The number of amides is 1. The van der Waals surface area contributed by atoms with Gasteiger partial charge in [-0.1, -0.05) is 18.2 Å². The number of aromatic nitrogens is 2. The zero-order chi connectivity index (χ0) is 15.4. The van der Waals surface area contributed by atoms with Gasteiger partial charge in [-0.2, -0.15) is 5.10 Å². The minimum absolute atomic E-state index is 0. The molecule has 0 aliphatic carbocycles. The van der Waals surface area contributed by atoms with E-state index in [-0.39, 0.29) is 18.3 Å². The Morgan fingerprint density at radius 3 is 2.83 bits per heavy atom. The predicted octanol–water partition coefficient (Wildman–Crippen LogP) is 2.37. The van der Waals surface area contributed by atoms with Crippen molar-refractivity contribution < 1.29 is 4.79 Å². The molecular formula is C17H23ClN4O. The topological polar surface area (TPSA) is 50.2 Å². The summed E-state index contributed by atoms with van der Waals surface area (Å²) in [6.07, 6.45) is 4.10. The van der Waals surface area contributed by atoms with E-state index in [9.17, 15) is 4.79 Å². The molecule has 1 unspecified atom stereocenters. The molecular weight excluding hydrogens is 312 g/mol. The molecule has 1 amide bonds. The summed E-state index contributed by atoms with van der Waals surface area (Å²) in [7, 11) is 1.96. The maximum absolute atomic E-state index is 12.6. The van der Waals surface area contributed by atoms with Crippen LogP contribution >= 0.6 is 12.4 Å². The standard InChI is InChI=1S/C17H22N4O.ClH/c1-18-12-14-6-5-10-20(13-14)17(22)16-9-11-21(19-16)15-7-3-2-4-8-15;/h2-4,7-9,11,14,18H,5-6,10,12-13H2,1H3;1H. The van der Waals surface area contributed by atoms with Gasteiger partial charge in [-0.3, -0.25) is 4.79 Å². The molecule has 0 bridgehead atoms. The smallest absolute Gasteiger partial charge is 0.274 e. The summed E-state index contributed by atoms with van der Waals surface area (Å²) < 4.78 is 1.75. The van der Waals surface area contributed by atoms with E-state index in [1.807, 2.05) is 48.5 Å². The van der Waals surface area contributed by atoms with Crippen molar-refractivity contribution in [1.29, 1.82) is 0 Å². The summed E-state index contributed by atoms with van der Waals surface area (Å²) in [6, 6.07) is 11.7. The van der Waals surface area contributed by atoms with Crippen molar-refractivity contribution in [2.45, 2.75) is 12.8 Å². The van der Waals surface area contributed by atoms with Crippen LogP contribution in [0.25, 0.3) is 5.69 Å². The Labute approximate surface area is 143 Å². The van der Waals surface area contributed by atoms with Crippen LogP contribution in [-0.4, -0.2) is 47.3 Å². The van der Waals surface area contributed by atoms with Crippen LogP contribution in [0, 0.1) is 5.92 Å². The van der Waals surface area contributed by atoms with Gasteiger partial charge < -0.3 is 10.2 Å². The molecule has 0 radical (unpaired) electrons. The van der Waals surface area contributed by atoms with Gasteiger partial charge in [0.05, 0.1) is 5.69 Å². The molecule has 1 aliphatic heterocycles. The number of carbonyl (C=O) groups excluding carboxylic acids is 1. The number of hydrogen-bond acceptors (Lipinski definition) is 3. The Kier molecular flexibility index (Phi) is 6.19. The van der Waals surface area contributed by atoms with Crippen LogP contribution in [0.1, 0.15) is 23.3 Å². The maximum atomic E-state index is 12.6. The highest BCUT2D eigenvalue weighted by Crippen LogP contribution is 2.18. The number of halogens is 1. The van der Waals surface area contributed by atoms with Crippen LogP contribution in [0.15, 0.2) is 42.6 Å². The van der Waals surface area contributed by atoms with E-state index in [0.717, 1.165) is 31.7 Å². The van der Waals surface area contributed by atoms with Crippen molar-refractivity contribution in [2.24, 2.45) is 5.92 Å². The van der Waals surface area contributed by atoms with Gasteiger partial charge in [0.2, 0.25) is 0 Å². The molecule has 3 rings (SSSR count). The normalized spacial score (nSPS) is 17.6. The number of hydrogen-bond donors (Lipinski definition) is 1. The molecule has 23 heavy (non-hydrogen) atoms. The highest BCUT2D eigenvalue weighted by atomic mass is 35.5. The molecule has 1 atom stereocenters. The molecule has 2 heterocycles. The molecule has 6 heteroatoms. The number of rotatable bonds is 4. The fourth-order valence-electron chi connectivity index (χ4n) is 3.03. The average Bonchev–Trinajstić information content (AvgIpc) is 3.05. The molecule has 1 aromatic heterocycles. The molecule has 1 aromatic carbocycles. The molecule has 1 aliphatic rings. The molecule has 1 saturated heterocycles. The van der Waals surface area contributed by atoms with Crippen molar-refractivity contribution in [3.05, 3.63) is 48.3 Å². The monoisotopic (exact) mass is 334 g/mol. The Hall–Kier alpha value is -1.85. The lowest BCUT2D eigenvalue weighted by Gasteiger charge is -2.32. The first-order chi connectivity index (χ1) is 10.8. The second-order valence-corrected chi connectivity index (χ2v) is 5.80. The molecule has 1 N–H and O–H groups in total. The first-order valence-corrected chi connectivity index (χ1v) is 7.83. The van der Waals surface area contributed by atoms with Gasteiger partial charge in [-0.05, 0) is 50.6 Å². The summed E-state index contributed by atoms with van der Waals surface area (Å²) in [5.41, 5.74) is 1.49. The second-order valence-electron chi connectivity index (χ2n) is 5.80. The number of benzene rings is 1. The van der Waals surface area contributed by atoms with E-state index in [0.29, 0.717) is 11.6 Å². The third-order valence-electron chi connectivity index (χ3n) is 4.13.